The third-order valence-electron chi connectivity index (χ3n) is 2.72. The second kappa shape index (κ2) is 6.30. The average Bonchev–Trinajstić information content (AvgIpc) is 2.20. The molecule has 0 radical (unpaired) electrons. The molecule has 0 aromatic rings. The van der Waals surface area contributed by atoms with Gasteiger partial charge in [-0.3, -0.25) is 4.79 Å². The molecule has 0 saturated heterocycles. The van der Waals surface area contributed by atoms with Crippen LogP contribution in [0.3, 0.4) is 0 Å². The van der Waals surface area contributed by atoms with Crippen molar-refractivity contribution in [1.82, 2.24) is 5.32 Å². The first-order valence-electron chi connectivity index (χ1n) is 5.09. The van der Waals surface area contributed by atoms with Gasteiger partial charge in [-0.2, -0.15) is 11.8 Å². The van der Waals surface area contributed by atoms with Gasteiger partial charge in [0.15, 0.2) is 0 Å². The van der Waals surface area contributed by atoms with Gasteiger partial charge in [-0.25, -0.2) is 0 Å². The van der Waals surface area contributed by atoms with Crippen molar-refractivity contribution in [2.24, 2.45) is 5.73 Å². The van der Waals surface area contributed by atoms with Gasteiger partial charge in [-0.1, -0.05) is 13.8 Å². The van der Waals surface area contributed by atoms with Crippen LogP contribution in [0.15, 0.2) is 0 Å². The molecule has 0 saturated carbocycles. The van der Waals surface area contributed by atoms with Crippen molar-refractivity contribution in [3.63, 3.8) is 0 Å². The lowest BCUT2D eigenvalue weighted by Gasteiger charge is -2.30. The molecule has 0 aromatic heterocycles. The van der Waals surface area contributed by atoms with E-state index >= 15 is 0 Å². The highest BCUT2D eigenvalue weighted by molar-refractivity contribution is 8.00. The highest BCUT2D eigenvalue weighted by Crippen LogP contribution is 2.29. The largest absolute Gasteiger partial charge is 0.353 e. The van der Waals surface area contributed by atoms with E-state index in [9.17, 15) is 4.79 Å². The molecule has 1 amide bonds. The number of carbonyl (C=O) groups is 1. The Morgan fingerprint density at radius 1 is 1.50 bits per heavy atom. The molecule has 1 atom stereocenters. The summed E-state index contributed by atoms with van der Waals surface area (Å²) in [4.78, 5) is 11.3. The zero-order chi connectivity index (χ0) is 11.2. The molecule has 14 heavy (non-hydrogen) atoms. The fourth-order valence-corrected chi connectivity index (χ4v) is 2.06. The van der Waals surface area contributed by atoms with Crippen molar-refractivity contribution in [3.8, 4) is 0 Å². The van der Waals surface area contributed by atoms with Crippen molar-refractivity contribution in [2.45, 2.75) is 44.4 Å². The molecule has 0 aromatic carbocycles. The summed E-state index contributed by atoms with van der Waals surface area (Å²) in [6.45, 7) is 6.71. The minimum Gasteiger partial charge on any atom is -0.353 e. The number of carbonyl (C=O) groups excluding carboxylic acids is 1. The van der Waals surface area contributed by atoms with Crippen molar-refractivity contribution >= 4 is 17.7 Å². The van der Waals surface area contributed by atoms with Gasteiger partial charge in [0.05, 0.1) is 6.04 Å². The maximum Gasteiger partial charge on any atom is 0.236 e. The SMILES string of the molecule is CCC(CC)(CNC(=O)[C@H](C)N)SC. The van der Waals surface area contributed by atoms with E-state index in [1.165, 1.54) is 0 Å². The first-order valence-corrected chi connectivity index (χ1v) is 6.32. The summed E-state index contributed by atoms with van der Waals surface area (Å²) in [5, 5.41) is 2.89. The Kier molecular flexibility index (Phi) is 6.20. The van der Waals surface area contributed by atoms with E-state index in [1.807, 2.05) is 11.8 Å². The normalized spacial score (nSPS) is 13.8. The summed E-state index contributed by atoms with van der Waals surface area (Å²) in [6.07, 6.45) is 4.21. The van der Waals surface area contributed by atoms with E-state index in [4.69, 9.17) is 5.73 Å². The van der Waals surface area contributed by atoms with Gasteiger partial charge in [-0.05, 0) is 26.0 Å². The number of nitrogens with one attached hydrogen (secondary N) is 1. The molecule has 0 bridgehead atoms. The van der Waals surface area contributed by atoms with Crippen LogP contribution in [0.1, 0.15) is 33.6 Å². The Bertz CT molecular complexity index is 171. The van der Waals surface area contributed by atoms with Crippen LogP contribution in [-0.2, 0) is 4.79 Å². The first-order chi connectivity index (χ1) is 6.51. The lowest BCUT2D eigenvalue weighted by Crippen LogP contribution is -2.45. The van der Waals surface area contributed by atoms with Crippen molar-refractivity contribution in [1.29, 1.82) is 0 Å². The predicted octanol–water partition coefficient (Wildman–Crippen LogP) is 1.37. The summed E-state index contributed by atoms with van der Waals surface area (Å²) in [5.41, 5.74) is 5.47. The maximum absolute atomic E-state index is 11.3. The van der Waals surface area contributed by atoms with E-state index in [1.54, 1.807) is 6.92 Å². The Balaban J connectivity index is 4.12. The zero-order valence-electron chi connectivity index (χ0n) is 9.59. The van der Waals surface area contributed by atoms with E-state index in [0.29, 0.717) is 6.54 Å². The van der Waals surface area contributed by atoms with Gasteiger partial charge < -0.3 is 11.1 Å². The van der Waals surface area contributed by atoms with Gasteiger partial charge in [0, 0.05) is 11.3 Å². The van der Waals surface area contributed by atoms with E-state index < -0.39 is 6.04 Å². The molecule has 0 spiro atoms. The fourth-order valence-electron chi connectivity index (χ4n) is 1.27. The molecular formula is C10H22N2OS. The molecule has 3 N–H and O–H groups in total. The molecule has 0 fully saturated rings. The Morgan fingerprint density at radius 3 is 2.29 bits per heavy atom. The third-order valence-corrected chi connectivity index (χ3v) is 4.31. The van der Waals surface area contributed by atoms with Crippen LogP contribution in [0.4, 0.5) is 0 Å². The predicted molar refractivity (Wildman–Crippen MR) is 63.5 cm³/mol. The van der Waals surface area contributed by atoms with Crippen molar-refractivity contribution in [3.05, 3.63) is 0 Å². The number of hydrogen-bond acceptors (Lipinski definition) is 3. The summed E-state index contributed by atoms with van der Waals surface area (Å²) in [7, 11) is 0. The first kappa shape index (κ1) is 13.8. The minimum absolute atomic E-state index is 0.0645. The average molecular weight is 218 g/mol. The monoisotopic (exact) mass is 218 g/mol. The number of rotatable bonds is 6. The molecule has 0 heterocycles. The van der Waals surface area contributed by atoms with E-state index in [-0.39, 0.29) is 10.7 Å². The third kappa shape index (κ3) is 3.88. The number of amides is 1. The summed E-state index contributed by atoms with van der Waals surface area (Å²) < 4.78 is 0.171. The standard InChI is InChI=1S/C10H22N2OS/c1-5-10(6-2,14-4)7-12-9(13)8(3)11/h8H,5-7,11H2,1-4H3,(H,12,13)/t8-/m0/s1. The van der Waals surface area contributed by atoms with Crippen molar-refractivity contribution in [2.75, 3.05) is 12.8 Å². The van der Waals surface area contributed by atoms with Crippen LogP contribution < -0.4 is 11.1 Å². The fraction of sp³-hybridized carbons (Fsp3) is 0.900. The highest BCUT2D eigenvalue weighted by atomic mass is 32.2. The lowest BCUT2D eigenvalue weighted by molar-refractivity contribution is -0.122. The van der Waals surface area contributed by atoms with Crippen molar-refractivity contribution < 1.29 is 4.79 Å². The van der Waals surface area contributed by atoms with Crippen LogP contribution in [0.5, 0.6) is 0 Å². The number of hydrogen-bond donors (Lipinski definition) is 2. The smallest absolute Gasteiger partial charge is 0.236 e. The topological polar surface area (TPSA) is 55.1 Å². The van der Waals surface area contributed by atoms with Gasteiger partial charge >= 0.3 is 0 Å². The van der Waals surface area contributed by atoms with E-state index in [2.05, 4.69) is 25.4 Å². The molecular weight excluding hydrogens is 196 g/mol. The second-order valence-electron chi connectivity index (χ2n) is 3.60. The van der Waals surface area contributed by atoms with Gasteiger partial charge in [-0.15, -0.1) is 0 Å². The summed E-state index contributed by atoms with van der Waals surface area (Å²) >= 11 is 1.82. The summed E-state index contributed by atoms with van der Waals surface area (Å²) in [5.74, 6) is -0.0645. The molecule has 0 aliphatic heterocycles. The Labute approximate surface area is 91.2 Å². The molecule has 0 aliphatic carbocycles. The molecule has 0 rings (SSSR count). The van der Waals surface area contributed by atoms with Crippen LogP contribution in [-0.4, -0.2) is 29.5 Å². The molecule has 0 aliphatic rings. The van der Waals surface area contributed by atoms with Crippen LogP contribution >= 0.6 is 11.8 Å². The van der Waals surface area contributed by atoms with Crippen LogP contribution in [0, 0.1) is 0 Å². The van der Waals surface area contributed by atoms with Gasteiger partial charge in [0.2, 0.25) is 5.91 Å². The van der Waals surface area contributed by atoms with E-state index in [0.717, 1.165) is 12.8 Å². The Morgan fingerprint density at radius 2 is 2.00 bits per heavy atom. The second-order valence-corrected chi connectivity index (χ2v) is 4.87. The summed E-state index contributed by atoms with van der Waals surface area (Å²) in [6, 6.07) is -0.414. The lowest BCUT2D eigenvalue weighted by atomic mass is 10.0. The highest BCUT2D eigenvalue weighted by Gasteiger charge is 2.25. The molecule has 0 unspecified atom stereocenters. The molecule has 3 nitrogen and oxygen atoms in total. The molecule has 4 heteroatoms. The van der Waals surface area contributed by atoms with Gasteiger partial charge in [0.1, 0.15) is 0 Å². The van der Waals surface area contributed by atoms with Crippen LogP contribution in [0.2, 0.25) is 0 Å². The molecule has 84 valence electrons. The van der Waals surface area contributed by atoms with Gasteiger partial charge in [0.25, 0.3) is 0 Å². The maximum atomic E-state index is 11.3. The quantitative estimate of drug-likeness (QED) is 0.708. The zero-order valence-corrected chi connectivity index (χ0v) is 10.4. The Hall–Kier alpha value is -0.220. The number of thioether (sulfide) groups is 1. The minimum atomic E-state index is -0.414. The van der Waals surface area contributed by atoms with Crippen LogP contribution in [0.25, 0.3) is 0 Å². The number of nitrogens with two attached hydrogens (primary N) is 1.